The summed E-state index contributed by atoms with van der Waals surface area (Å²) in [7, 11) is 3.22. The van der Waals surface area contributed by atoms with Gasteiger partial charge in [0, 0.05) is 13.2 Å². The molecule has 0 unspecified atom stereocenters. The number of primary amides is 1. The number of nitrogens with one attached hydrogen (secondary N) is 1. The molecule has 0 aliphatic carbocycles. The fourth-order valence-corrected chi connectivity index (χ4v) is 1.47. The van der Waals surface area contributed by atoms with Crippen LogP contribution in [0.1, 0.15) is 10.5 Å². The van der Waals surface area contributed by atoms with Gasteiger partial charge < -0.3 is 15.8 Å². The van der Waals surface area contributed by atoms with Gasteiger partial charge in [-0.15, -0.1) is 0 Å². The second-order valence-corrected chi connectivity index (χ2v) is 3.34. The van der Waals surface area contributed by atoms with Crippen LogP contribution in [0.3, 0.4) is 0 Å². The van der Waals surface area contributed by atoms with Crippen LogP contribution in [0.25, 0.3) is 5.82 Å². The summed E-state index contributed by atoms with van der Waals surface area (Å²) >= 11 is 0. The first kappa shape index (κ1) is 11.8. The van der Waals surface area contributed by atoms with Crippen LogP contribution in [-0.2, 0) is 0 Å². The third kappa shape index (κ3) is 1.95. The van der Waals surface area contributed by atoms with E-state index in [-0.39, 0.29) is 5.69 Å². The summed E-state index contributed by atoms with van der Waals surface area (Å²) in [5, 5.41) is 6.89. The van der Waals surface area contributed by atoms with E-state index in [1.54, 1.807) is 13.2 Å². The van der Waals surface area contributed by atoms with E-state index >= 15 is 0 Å². The summed E-state index contributed by atoms with van der Waals surface area (Å²) in [6.07, 6.45) is 2.94. The molecule has 2 aromatic rings. The fraction of sp³-hybridized carbons (Fsp3) is 0.200. The molecular formula is C10H12N6O2. The summed E-state index contributed by atoms with van der Waals surface area (Å²) in [5.41, 5.74) is 5.30. The van der Waals surface area contributed by atoms with E-state index in [9.17, 15) is 4.79 Å². The number of carbonyl (C=O) groups excluding carboxylic acids is 1. The lowest BCUT2D eigenvalue weighted by Crippen LogP contribution is -2.13. The molecule has 0 aliphatic rings. The Morgan fingerprint density at radius 2 is 2.28 bits per heavy atom. The van der Waals surface area contributed by atoms with Gasteiger partial charge >= 0.3 is 0 Å². The van der Waals surface area contributed by atoms with Gasteiger partial charge in [0.05, 0.1) is 7.11 Å². The normalized spacial score (nSPS) is 10.1. The number of hydrogen-bond donors (Lipinski definition) is 2. The lowest BCUT2D eigenvalue weighted by molar-refractivity contribution is 0.0995. The van der Waals surface area contributed by atoms with Crippen LogP contribution >= 0.6 is 0 Å². The van der Waals surface area contributed by atoms with E-state index in [1.165, 1.54) is 24.2 Å². The van der Waals surface area contributed by atoms with Gasteiger partial charge in [-0.3, -0.25) is 4.79 Å². The Labute approximate surface area is 103 Å². The Bertz CT molecular complexity index is 579. The number of hydrogen-bond acceptors (Lipinski definition) is 6. The SMILES string of the molecule is CNc1ncnc(-n2ccc(C(N)=O)n2)c1OC. The zero-order valence-electron chi connectivity index (χ0n) is 9.91. The van der Waals surface area contributed by atoms with Gasteiger partial charge in [-0.25, -0.2) is 14.6 Å². The maximum atomic E-state index is 11.0. The fourth-order valence-electron chi connectivity index (χ4n) is 1.47. The molecule has 0 atom stereocenters. The van der Waals surface area contributed by atoms with E-state index in [2.05, 4.69) is 20.4 Å². The predicted octanol–water partition coefficient (Wildman–Crippen LogP) is -0.188. The van der Waals surface area contributed by atoms with Crippen molar-refractivity contribution in [2.45, 2.75) is 0 Å². The van der Waals surface area contributed by atoms with Crippen LogP contribution in [0.4, 0.5) is 5.82 Å². The average Bonchev–Trinajstić information content (AvgIpc) is 2.87. The molecule has 8 heteroatoms. The summed E-state index contributed by atoms with van der Waals surface area (Å²) in [6, 6.07) is 1.50. The van der Waals surface area contributed by atoms with Crippen molar-refractivity contribution in [3.8, 4) is 11.6 Å². The van der Waals surface area contributed by atoms with Crippen LogP contribution in [0.2, 0.25) is 0 Å². The van der Waals surface area contributed by atoms with E-state index in [1.807, 2.05) is 0 Å². The predicted molar refractivity (Wildman–Crippen MR) is 63.8 cm³/mol. The second-order valence-electron chi connectivity index (χ2n) is 3.34. The second kappa shape index (κ2) is 4.70. The van der Waals surface area contributed by atoms with Gasteiger partial charge in [-0.2, -0.15) is 5.10 Å². The molecule has 0 fully saturated rings. The molecule has 2 heterocycles. The molecule has 0 saturated heterocycles. The van der Waals surface area contributed by atoms with Crippen LogP contribution in [-0.4, -0.2) is 39.8 Å². The van der Waals surface area contributed by atoms with Gasteiger partial charge in [0.2, 0.25) is 11.6 Å². The number of ether oxygens (including phenoxy) is 1. The number of nitrogens with two attached hydrogens (primary N) is 1. The van der Waals surface area contributed by atoms with Crippen molar-refractivity contribution >= 4 is 11.7 Å². The Morgan fingerprint density at radius 3 is 2.83 bits per heavy atom. The first-order valence-corrected chi connectivity index (χ1v) is 5.10. The summed E-state index contributed by atoms with van der Waals surface area (Å²) in [6.45, 7) is 0. The molecular weight excluding hydrogens is 236 g/mol. The molecule has 0 aliphatic heterocycles. The van der Waals surface area contributed by atoms with Crippen molar-refractivity contribution in [1.29, 1.82) is 0 Å². The van der Waals surface area contributed by atoms with Crippen molar-refractivity contribution in [3.63, 3.8) is 0 Å². The highest BCUT2D eigenvalue weighted by molar-refractivity contribution is 5.90. The number of rotatable bonds is 4. The summed E-state index contributed by atoms with van der Waals surface area (Å²) in [4.78, 5) is 19.1. The lowest BCUT2D eigenvalue weighted by atomic mass is 10.4. The quantitative estimate of drug-likeness (QED) is 0.776. The van der Waals surface area contributed by atoms with Crippen molar-refractivity contribution in [3.05, 3.63) is 24.3 Å². The zero-order valence-corrected chi connectivity index (χ0v) is 9.91. The van der Waals surface area contributed by atoms with Crippen LogP contribution in [0.15, 0.2) is 18.6 Å². The van der Waals surface area contributed by atoms with Crippen LogP contribution in [0.5, 0.6) is 5.75 Å². The molecule has 0 saturated carbocycles. The van der Waals surface area contributed by atoms with E-state index in [4.69, 9.17) is 10.5 Å². The maximum Gasteiger partial charge on any atom is 0.269 e. The maximum absolute atomic E-state index is 11.0. The molecule has 1 amide bonds. The molecule has 2 aromatic heterocycles. The highest BCUT2D eigenvalue weighted by Crippen LogP contribution is 2.26. The highest BCUT2D eigenvalue weighted by Gasteiger charge is 2.15. The first-order chi connectivity index (χ1) is 8.67. The molecule has 0 spiro atoms. The Balaban J connectivity index is 2.52. The molecule has 18 heavy (non-hydrogen) atoms. The third-order valence-electron chi connectivity index (χ3n) is 2.28. The number of carbonyl (C=O) groups is 1. The monoisotopic (exact) mass is 248 g/mol. The minimum absolute atomic E-state index is 0.154. The molecule has 94 valence electrons. The molecule has 0 radical (unpaired) electrons. The van der Waals surface area contributed by atoms with Crippen molar-refractivity contribution < 1.29 is 9.53 Å². The highest BCUT2D eigenvalue weighted by atomic mass is 16.5. The third-order valence-corrected chi connectivity index (χ3v) is 2.28. The molecule has 8 nitrogen and oxygen atoms in total. The van der Waals surface area contributed by atoms with Gasteiger partial charge in [0.25, 0.3) is 5.91 Å². The summed E-state index contributed by atoms with van der Waals surface area (Å²) < 4.78 is 6.63. The molecule has 0 bridgehead atoms. The number of methoxy groups -OCH3 is 1. The Morgan fingerprint density at radius 1 is 1.50 bits per heavy atom. The Hall–Kier alpha value is -2.64. The van der Waals surface area contributed by atoms with E-state index in [0.29, 0.717) is 17.4 Å². The molecule has 0 aromatic carbocycles. The zero-order chi connectivity index (χ0) is 13.1. The van der Waals surface area contributed by atoms with Crippen molar-refractivity contribution in [1.82, 2.24) is 19.7 Å². The number of nitrogens with zero attached hydrogens (tertiary/aromatic N) is 4. The van der Waals surface area contributed by atoms with Crippen molar-refractivity contribution in [2.24, 2.45) is 5.73 Å². The van der Waals surface area contributed by atoms with E-state index < -0.39 is 5.91 Å². The first-order valence-electron chi connectivity index (χ1n) is 5.10. The minimum Gasteiger partial charge on any atom is -0.490 e. The van der Waals surface area contributed by atoms with Crippen LogP contribution < -0.4 is 15.8 Å². The molecule has 3 N–H and O–H groups in total. The average molecular weight is 248 g/mol. The number of anilines is 1. The standard InChI is InChI=1S/C10H12N6O2/c1-12-9-7(18-2)10(14-5-13-9)16-4-3-6(15-16)8(11)17/h3-5H,1-2H3,(H2,11,17)(H,12,13,14). The van der Waals surface area contributed by atoms with Gasteiger partial charge in [-0.05, 0) is 6.07 Å². The van der Waals surface area contributed by atoms with Gasteiger partial charge in [0.15, 0.2) is 5.82 Å². The van der Waals surface area contributed by atoms with Gasteiger partial charge in [-0.1, -0.05) is 0 Å². The van der Waals surface area contributed by atoms with Gasteiger partial charge in [0.1, 0.15) is 12.0 Å². The van der Waals surface area contributed by atoms with Crippen LogP contribution in [0, 0.1) is 0 Å². The van der Waals surface area contributed by atoms with E-state index in [0.717, 1.165) is 0 Å². The number of amides is 1. The number of aromatic nitrogens is 4. The Kier molecular flexibility index (Phi) is 3.09. The molecule has 2 rings (SSSR count). The van der Waals surface area contributed by atoms with Crippen molar-refractivity contribution in [2.75, 3.05) is 19.5 Å². The lowest BCUT2D eigenvalue weighted by Gasteiger charge is -2.10. The smallest absolute Gasteiger partial charge is 0.269 e. The topological polar surface area (TPSA) is 108 Å². The summed E-state index contributed by atoms with van der Waals surface area (Å²) in [5.74, 6) is 0.776. The minimum atomic E-state index is -0.601. The largest absolute Gasteiger partial charge is 0.490 e.